The molecule has 19 heavy (non-hydrogen) atoms. The monoisotopic (exact) mass is 257 g/mol. The zero-order chi connectivity index (χ0) is 13.1. The van der Waals surface area contributed by atoms with Crippen LogP contribution in [0.2, 0.25) is 0 Å². The molecule has 100 valence electrons. The number of aromatic nitrogens is 4. The molecule has 0 amide bonds. The Hall–Kier alpha value is -1.75. The van der Waals surface area contributed by atoms with Gasteiger partial charge in [0, 0.05) is 48.9 Å². The molecule has 3 heterocycles. The van der Waals surface area contributed by atoms with E-state index in [2.05, 4.69) is 31.1 Å². The minimum absolute atomic E-state index is 0.572. The fourth-order valence-corrected chi connectivity index (χ4v) is 2.71. The van der Waals surface area contributed by atoms with E-state index in [0.717, 1.165) is 25.5 Å². The van der Waals surface area contributed by atoms with Crippen LogP contribution in [0.4, 0.5) is 0 Å². The largest absolute Gasteiger partial charge is 0.298 e. The van der Waals surface area contributed by atoms with Crippen molar-refractivity contribution in [2.24, 2.45) is 0 Å². The van der Waals surface area contributed by atoms with Crippen LogP contribution in [0.15, 0.2) is 24.7 Å². The van der Waals surface area contributed by atoms with Crippen molar-refractivity contribution in [2.45, 2.75) is 32.2 Å². The van der Waals surface area contributed by atoms with Crippen LogP contribution in [0.5, 0.6) is 0 Å². The minimum Gasteiger partial charge on any atom is -0.298 e. The second-order valence-electron chi connectivity index (χ2n) is 5.22. The first-order valence-corrected chi connectivity index (χ1v) is 6.80. The predicted molar refractivity (Wildman–Crippen MR) is 72.6 cm³/mol. The summed E-state index contributed by atoms with van der Waals surface area (Å²) in [6, 6.07) is 2.09. The van der Waals surface area contributed by atoms with E-state index in [0.29, 0.717) is 5.92 Å². The van der Waals surface area contributed by atoms with Gasteiger partial charge in [0.25, 0.3) is 0 Å². The van der Waals surface area contributed by atoms with E-state index in [1.165, 1.54) is 24.1 Å². The van der Waals surface area contributed by atoms with Gasteiger partial charge < -0.3 is 0 Å². The molecule has 0 aliphatic carbocycles. The summed E-state index contributed by atoms with van der Waals surface area (Å²) in [4.78, 5) is 11.0. The van der Waals surface area contributed by atoms with Crippen LogP contribution in [-0.2, 0) is 6.54 Å². The topological polar surface area (TPSA) is 57.7 Å². The van der Waals surface area contributed by atoms with Gasteiger partial charge in [0.2, 0.25) is 0 Å². The van der Waals surface area contributed by atoms with Gasteiger partial charge in [-0.05, 0) is 32.4 Å². The number of aromatic amines is 1. The number of nitrogens with zero attached hydrogens (tertiary/aromatic N) is 4. The molecule has 1 aliphatic rings. The third-order valence-electron chi connectivity index (χ3n) is 3.71. The fourth-order valence-electron chi connectivity index (χ4n) is 2.71. The first-order chi connectivity index (χ1) is 9.31. The summed E-state index contributed by atoms with van der Waals surface area (Å²) in [7, 11) is 0. The van der Waals surface area contributed by atoms with Gasteiger partial charge in [0.1, 0.15) is 5.82 Å². The number of nitrogens with one attached hydrogen (secondary N) is 1. The molecule has 1 fully saturated rings. The molecule has 0 radical (unpaired) electrons. The highest BCUT2D eigenvalue weighted by Crippen LogP contribution is 2.25. The van der Waals surface area contributed by atoms with Gasteiger partial charge >= 0.3 is 0 Å². The average Bonchev–Trinajstić information content (AvgIpc) is 2.96. The highest BCUT2D eigenvalue weighted by atomic mass is 15.1. The summed E-state index contributed by atoms with van der Waals surface area (Å²) in [6.07, 6.45) is 8.17. The number of aryl methyl sites for hydroxylation is 1. The van der Waals surface area contributed by atoms with E-state index in [-0.39, 0.29) is 0 Å². The van der Waals surface area contributed by atoms with Crippen LogP contribution in [-0.4, -0.2) is 38.2 Å². The molecule has 0 bridgehead atoms. The lowest BCUT2D eigenvalue weighted by Gasteiger charge is -2.32. The Kier molecular flexibility index (Phi) is 3.55. The zero-order valence-electron chi connectivity index (χ0n) is 11.2. The molecular formula is C14H19N5. The molecule has 5 nitrogen and oxygen atoms in total. The number of piperidine rings is 1. The van der Waals surface area contributed by atoms with E-state index >= 15 is 0 Å². The van der Waals surface area contributed by atoms with Crippen molar-refractivity contribution in [1.29, 1.82) is 0 Å². The van der Waals surface area contributed by atoms with Crippen molar-refractivity contribution in [1.82, 2.24) is 25.1 Å². The Morgan fingerprint density at radius 3 is 2.95 bits per heavy atom. The van der Waals surface area contributed by atoms with E-state index in [1.807, 2.05) is 25.5 Å². The van der Waals surface area contributed by atoms with Gasteiger partial charge in [-0.15, -0.1) is 0 Å². The standard InChI is InChI=1S/C14H19N5/c1-11-15-7-12(8-16-11)9-19-6-2-3-13(10-19)14-4-5-17-18-14/h4-5,7-8,13H,2-3,6,9-10H2,1H3,(H,17,18)/t13-/m1/s1. The molecular weight excluding hydrogens is 238 g/mol. The summed E-state index contributed by atoms with van der Waals surface area (Å²) in [5.41, 5.74) is 2.45. The molecule has 1 atom stereocenters. The average molecular weight is 257 g/mol. The van der Waals surface area contributed by atoms with Crippen LogP contribution in [0.3, 0.4) is 0 Å². The Bertz CT molecular complexity index is 505. The van der Waals surface area contributed by atoms with E-state index in [1.54, 1.807) is 0 Å². The Balaban J connectivity index is 1.64. The normalized spacial score (nSPS) is 20.6. The summed E-state index contributed by atoms with van der Waals surface area (Å²) < 4.78 is 0. The number of H-pyrrole nitrogens is 1. The van der Waals surface area contributed by atoms with Crippen LogP contribution >= 0.6 is 0 Å². The molecule has 2 aromatic rings. The quantitative estimate of drug-likeness (QED) is 0.912. The van der Waals surface area contributed by atoms with Crippen molar-refractivity contribution in [2.75, 3.05) is 13.1 Å². The van der Waals surface area contributed by atoms with Crippen molar-refractivity contribution in [3.05, 3.63) is 41.7 Å². The summed E-state index contributed by atoms with van der Waals surface area (Å²) in [5, 5.41) is 7.15. The van der Waals surface area contributed by atoms with Crippen LogP contribution in [0.25, 0.3) is 0 Å². The first kappa shape index (κ1) is 12.3. The predicted octanol–water partition coefficient (Wildman–Crippen LogP) is 1.89. The van der Waals surface area contributed by atoms with Gasteiger partial charge in [0.15, 0.2) is 0 Å². The zero-order valence-corrected chi connectivity index (χ0v) is 11.2. The van der Waals surface area contributed by atoms with E-state index in [4.69, 9.17) is 0 Å². The molecule has 3 rings (SSSR count). The second kappa shape index (κ2) is 5.48. The smallest absolute Gasteiger partial charge is 0.125 e. The molecule has 0 spiro atoms. The number of likely N-dealkylation sites (tertiary alicyclic amines) is 1. The molecule has 2 aromatic heterocycles. The van der Waals surface area contributed by atoms with Gasteiger partial charge in [-0.25, -0.2) is 9.97 Å². The summed E-state index contributed by atoms with van der Waals surface area (Å²) in [6.45, 7) is 5.08. The van der Waals surface area contributed by atoms with Gasteiger partial charge in [-0.2, -0.15) is 5.10 Å². The third-order valence-corrected chi connectivity index (χ3v) is 3.71. The van der Waals surface area contributed by atoms with Crippen molar-refractivity contribution < 1.29 is 0 Å². The first-order valence-electron chi connectivity index (χ1n) is 6.80. The maximum atomic E-state index is 4.26. The van der Waals surface area contributed by atoms with Crippen molar-refractivity contribution in [3.63, 3.8) is 0 Å². The van der Waals surface area contributed by atoms with Gasteiger partial charge in [-0.1, -0.05) is 0 Å². The van der Waals surface area contributed by atoms with Gasteiger partial charge in [0.05, 0.1) is 0 Å². The van der Waals surface area contributed by atoms with Crippen LogP contribution in [0, 0.1) is 6.92 Å². The van der Waals surface area contributed by atoms with Crippen LogP contribution in [0.1, 0.15) is 35.8 Å². The number of rotatable bonds is 3. The molecule has 5 heteroatoms. The highest BCUT2D eigenvalue weighted by Gasteiger charge is 2.22. The lowest BCUT2D eigenvalue weighted by molar-refractivity contribution is 0.198. The molecule has 0 saturated carbocycles. The second-order valence-corrected chi connectivity index (χ2v) is 5.22. The van der Waals surface area contributed by atoms with Gasteiger partial charge in [-0.3, -0.25) is 10.00 Å². The lowest BCUT2D eigenvalue weighted by atomic mass is 9.95. The fraction of sp³-hybridized carbons (Fsp3) is 0.500. The maximum absolute atomic E-state index is 4.26. The third kappa shape index (κ3) is 2.98. The molecule has 1 N–H and O–H groups in total. The lowest BCUT2D eigenvalue weighted by Crippen LogP contribution is -2.34. The maximum Gasteiger partial charge on any atom is 0.125 e. The Morgan fingerprint density at radius 2 is 2.21 bits per heavy atom. The molecule has 1 aliphatic heterocycles. The molecule has 1 saturated heterocycles. The SMILES string of the molecule is Cc1ncc(CN2CCC[C@@H](c3ccn[nH]3)C2)cn1. The van der Waals surface area contributed by atoms with E-state index in [9.17, 15) is 0 Å². The number of hydrogen-bond donors (Lipinski definition) is 1. The Morgan fingerprint density at radius 1 is 1.37 bits per heavy atom. The van der Waals surface area contributed by atoms with Crippen molar-refractivity contribution >= 4 is 0 Å². The van der Waals surface area contributed by atoms with Crippen molar-refractivity contribution in [3.8, 4) is 0 Å². The summed E-state index contributed by atoms with van der Waals surface area (Å²) >= 11 is 0. The molecule has 0 unspecified atom stereocenters. The highest BCUT2D eigenvalue weighted by molar-refractivity contribution is 5.09. The Labute approximate surface area is 113 Å². The molecule has 0 aromatic carbocycles. The van der Waals surface area contributed by atoms with Crippen LogP contribution < -0.4 is 0 Å². The summed E-state index contributed by atoms with van der Waals surface area (Å²) in [5.74, 6) is 1.40. The minimum atomic E-state index is 0.572. The number of hydrogen-bond acceptors (Lipinski definition) is 4. The van der Waals surface area contributed by atoms with E-state index < -0.39 is 0 Å².